The quantitative estimate of drug-likeness (QED) is 0.332. The minimum absolute atomic E-state index is 0.376. The average Bonchev–Trinajstić information content (AvgIpc) is 2.09. The Labute approximate surface area is 66.7 Å². The number of aliphatic hydroxyl groups excluding tert-OH is 1. The number of ether oxygens (including phenoxy) is 1. The first kappa shape index (κ1) is 10.0. The SMILES string of the molecule is CC.O=C1OCCC/C1=C\O. The smallest absolute Gasteiger partial charge is 0.337 e. The van der Waals surface area contributed by atoms with Crippen LogP contribution in [0.1, 0.15) is 26.7 Å². The Hall–Kier alpha value is -0.990. The predicted molar refractivity (Wildman–Crippen MR) is 42.3 cm³/mol. The number of carbonyl (C=O) groups excluding carboxylic acids is 1. The standard InChI is InChI=1S/C6H8O3.C2H6/c7-4-5-2-1-3-9-6(5)8;1-2/h4,7H,1-3H2;1-2H3/b5-4+;. The summed E-state index contributed by atoms with van der Waals surface area (Å²) >= 11 is 0. The second-order valence-corrected chi connectivity index (χ2v) is 1.89. The number of aliphatic hydroxyl groups is 1. The number of hydrogen-bond acceptors (Lipinski definition) is 3. The van der Waals surface area contributed by atoms with Crippen LogP contribution in [-0.2, 0) is 9.53 Å². The molecule has 1 heterocycles. The molecule has 3 heteroatoms. The number of cyclic esters (lactones) is 1. The number of rotatable bonds is 0. The third-order valence-electron chi connectivity index (χ3n) is 1.24. The van der Waals surface area contributed by atoms with Gasteiger partial charge in [-0.2, -0.15) is 0 Å². The van der Waals surface area contributed by atoms with Crippen LogP contribution in [0.4, 0.5) is 0 Å². The van der Waals surface area contributed by atoms with Crippen molar-refractivity contribution < 1.29 is 14.6 Å². The summed E-state index contributed by atoms with van der Waals surface area (Å²) in [4.78, 5) is 10.6. The molecule has 1 fully saturated rings. The van der Waals surface area contributed by atoms with Gasteiger partial charge in [0.2, 0.25) is 0 Å². The van der Waals surface area contributed by atoms with Crippen LogP contribution in [0.2, 0.25) is 0 Å². The molecule has 1 rings (SSSR count). The Morgan fingerprint density at radius 2 is 2.18 bits per heavy atom. The molecule has 0 aromatic heterocycles. The summed E-state index contributed by atoms with van der Waals surface area (Å²) in [5, 5.41) is 8.40. The first-order chi connectivity index (χ1) is 5.34. The molecular weight excluding hydrogens is 144 g/mol. The fourth-order valence-electron chi connectivity index (χ4n) is 0.739. The first-order valence-corrected chi connectivity index (χ1v) is 3.85. The van der Waals surface area contributed by atoms with E-state index in [-0.39, 0.29) is 5.97 Å². The third kappa shape index (κ3) is 3.07. The van der Waals surface area contributed by atoms with Gasteiger partial charge >= 0.3 is 5.97 Å². The van der Waals surface area contributed by atoms with Gasteiger partial charge in [-0.1, -0.05) is 13.8 Å². The van der Waals surface area contributed by atoms with E-state index in [4.69, 9.17) is 5.11 Å². The van der Waals surface area contributed by atoms with Crippen molar-refractivity contribution in [1.29, 1.82) is 0 Å². The molecule has 0 aliphatic carbocycles. The highest BCUT2D eigenvalue weighted by molar-refractivity contribution is 5.88. The molecule has 64 valence electrons. The van der Waals surface area contributed by atoms with E-state index in [1.165, 1.54) is 0 Å². The monoisotopic (exact) mass is 158 g/mol. The van der Waals surface area contributed by atoms with Gasteiger partial charge in [0.05, 0.1) is 18.4 Å². The first-order valence-electron chi connectivity index (χ1n) is 3.85. The van der Waals surface area contributed by atoms with Gasteiger partial charge in [-0.05, 0) is 12.8 Å². The fourth-order valence-corrected chi connectivity index (χ4v) is 0.739. The molecule has 1 saturated heterocycles. The van der Waals surface area contributed by atoms with Gasteiger partial charge in [0.1, 0.15) is 0 Å². The van der Waals surface area contributed by atoms with E-state index < -0.39 is 0 Å². The minimum Gasteiger partial charge on any atom is -0.515 e. The molecule has 0 radical (unpaired) electrons. The molecule has 0 amide bonds. The lowest BCUT2D eigenvalue weighted by molar-refractivity contribution is -0.141. The van der Waals surface area contributed by atoms with Gasteiger partial charge in [-0.15, -0.1) is 0 Å². The zero-order chi connectivity index (χ0) is 8.69. The lowest BCUT2D eigenvalue weighted by Crippen LogP contribution is -2.15. The maximum absolute atomic E-state index is 10.6. The van der Waals surface area contributed by atoms with E-state index >= 15 is 0 Å². The van der Waals surface area contributed by atoms with Crippen LogP contribution in [-0.4, -0.2) is 17.7 Å². The van der Waals surface area contributed by atoms with E-state index in [9.17, 15) is 4.79 Å². The molecule has 3 nitrogen and oxygen atoms in total. The maximum atomic E-state index is 10.6. The summed E-state index contributed by atoms with van der Waals surface area (Å²) in [6, 6.07) is 0. The van der Waals surface area contributed by atoms with Gasteiger partial charge in [0, 0.05) is 0 Å². The Balaban J connectivity index is 0.000000461. The summed E-state index contributed by atoms with van der Waals surface area (Å²) in [5.74, 6) is -0.385. The molecule has 11 heavy (non-hydrogen) atoms. The van der Waals surface area contributed by atoms with E-state index in [0.29, 0.717) is 18.6 Å². The minimum atomic E-state index is -0.385. The van der Waals surface area contributed by atoms with E-state index in [1.54, 1.807) is 0 Å². The highest BCUT2D eigenvalue weighted by atomic mass is 16.5. The van der Waals surface area contributed by atoms with Crippen molar-refractivity contribution in [2.45, 2.75) is 26.7 Å². The molecule has 0 aromatic rings. The van der Waals surface area contributed by atoms with Gasteiger partial charge in [0.15, 0.2) is 0 Å². The number of esters is 1. The van der Waals surface area contributed by atoms with Crippen molar-refractivity contribution in [3.8, 4) is 0 Å². The van der Waals surface area contributed by atoms with Gasteiger partial charge in [0.25, 0.3) is 0 Å². The summed E-state index contributed by atoms with van der Waals surface area (Å²) in [7, 11) is 0. The summed E-state index contributed by atoms with van der Waals surface area (Å²) in [6.45, 7) is 4.48. The van der Waals surface area contributed by atoms with Crippen molar-refractivity contribution in [1.82, 2.24) is 0 Å². The van der Waals surface area contributed by atoms with Gasteiger partial charge in [-0.25, -0.2) is 4.79 Å². The van der Waals surface area contributed by atoms with Crippen LogP contribution in [0, 0.1) is 0 Å². The third-order valence-corrected chi connectivity index (χ3v) is 1.24. The van der Waals surface area contributed by atoms with Crippen LogP contribution < -0.4 is 0 Å². The maximum Gasteiger partial charge on any atom is 0.337 e. The van der Waals surface area contributed by atoms with E-state index in [1.807, 2.05) is 13.8 Å². The molecule has 0 unspecified atom stereocenters. The largest absolute Gasteiger partial charge is 0.515 e. The van der Waals surface area contributed by atoms with Crippen molar-refractivity contribution in [2.75, 3.05) is 6.61 Å². The summed E-state index contributed by atoms with van der Waals surface area (Å²) in [5.41, 5.74) is 0.376. The van der Waals surface area contributed by atoms with Crippen molar-refractivity contribution in [2.24, 2.45) is 0 Å². The Morgan fingerprint density at radius 3 is 2.55 bits per heavy atom. The van der Waals surface area contributed by atoms with Gasteiger partial charge in [-0.3, -0.25) is 0 Å². The Kier molecular flexibility index (Phi) is 5.25. The van der Waals surface area contributed by atoms with E-state index in [0.717, 1.165) is 12.7 Å². The van der Waals surface area contributed by atoms with Crippen molar-refractivity contribution in [3.05, 3.63) is 11.8 Å². The molecule has 0 spiro atoms. The second kappa shape index (κ2) is 5.77. The highest BCUT2D eigenvalue weighted by Gasteiger charge is 2.15. The molecule has 0 atom stereocenters. The van der Waals surface area contributed by atoms with Crippen molar-refractivity contribution in [3.63, 3.8) is 0 Å². The Morgan fingerprint density at radius 1 is 1.55 bits per heavy atom. The fraction of sp³-hybridized carbons (Fsp3) is 0.625. The molecule has 1 aliphatic rings. The normalized spacial score (nSPS) is 20.2. The summed E-state index contributed by atoms with van der Waals surface area (Å²) in [6.07, 6.45) is 2.27. The molecule has 0 saturated carbocycles. The Bertz CT molecular complexity index is 149. The topological polar surface area (TPSA) is 46.5 Å². The van der Waals surface area contributed by atoms with Crippen LogP contribution in [0.15, 0.2) is 11.8 Å². The predicted octanol–water partition coefficient (Wildman–Crippen LogP) is 1.79. The van der Waals surface area contributed by atoms with Crippen molar-refractivity contribution >= 4 is 5.97 Å². The van der Waals surface area contributed by atoms with E-state index in [2.05, 4.69) is 4.74 Å². The van der Waals surface area contributed by atoms with Crippen LogP contribution >= 0.6 is 0 Å². The molecule has 1 aliphatic heterocycles. The highest BCUT2D eigenvalue weighted by Crippen LogP contribution is 2.12. The van der Waals surface area contributed by atoms with Crippen LogP contribution in [0.3, 0.4) is 0 Å². The molecular formula is C8H14O3. The molecule has 0 aromatic carbocycles. The van der Waals surface area contributed by atoms with Gasteiger partial charge < -0.3 is 9.84 Å². The van der Waals surface area contributed by atoms with Crippen LogP contribution in [0.5, 0.6) is 0 Å². The lowest BCUT2D eigenvalue weighted by Gasteiger charge is -2.11. The second-order valence-electron chi connectivity index (χ2n) is 1.89. The lowest BCUT2D eigenvalue weighted by atomic mass is 10.1. The average molecular weight is 158 g/mol. The molecule has 0 bridgehead atoms. The molecule has 1 N–H and O–H groups in total. The number of carbonyl (C=O) groups is 1. The van der Waals surface area contributed by atoms with Crippen LogP contribution in [0.25, 0.3) is 0 Å². The zero-order valence-electron chi connectivity index (χ0n) is 6.96. The number of hydrogen-bond donors (Lipinski definition) is 1. The zero-order valence-corrected chi connectivity index (χ0v) is 6.96. The summed E-state index contributed by atoms with van der Waals surface area (Å²) < 4.78 is 4.61.